The van der Waals surface area contributed by atoms with Gasteiger partial charge in [0.25, 0.3) is 0 Å². The lowest BCUT2D eigenvalue weighted by atomic mass is 10.4. The Morgan fingerprint density at radius 2 is 2.50 bits per heavy atom. The highest BCUT2D eigenvalue weighted by molar-refractivity contribution is 9.10. The molecule has 0 amide bonds. The van der Waals surface area contributed by atoms with Crippen LogP contribution in [0.5, 0.6) is 0 Å². The van der Waals surface area contributed by atoms with Gasteiger partial charge in [-0.05, 0) is 33.5 Å². The molecule has 0 saturated carbocycles. The molecular formula is C7H4BrNS. The molecule has 0 fully saturated rings. The molecule has 0 atom stereocenters. The summed E-state index contributed by atoms with van der Waals surface area (Å²) in [6, 6.07) is 3.90. The van der Waals surface area contributed by atoms with E-state index in [9.17, 15) is 0 Å². The average molecular weight is 214 g/mol. The van der Waals surface area contributed by atoms with Crippen LogP contribution < -0.4 is 0 Å². The molecule has 0 aliphatic carbocycles. The molecule has 1 aromatic rings. The Morgan fingerprint density at radius 1 is 1.70 bits per heavy atom. The van der Waals surface area contributed by atoms with E-state index in [1.807, 2.05) is 17.5 Å². The van der Waals surface area contributed by atoms with Crippen LogP contribution in [0.3, 0.4) is 0 Å². The van der Waals surface area contributed by atoms with Gasteiger partial charge in [0.05, 0.1) is 6.07 Å². The predicted octanol–water partition coefficient (Wildman–Crippen LogP) is 3.05. The number of allylic oxidation sites excluding steroid dienone is 1. The normalized spacial score (nSPS) is 10.0. The summed E-state index contributed by atoms with van der Waals surface area (Å²) in [6.45, 7) is 0. The van der Waals surface area contributed by atoms with Crippen LogP contribution in [0.15, 0.2) is 22.0 Å². The number of nitrogens with zero attached hydrogens (tertiary/aromatic N) is 1. The van der Waals surface area contributed by atoms with Gasteiger partial charge in [-0.2, -0.15) is 5.26 Å². The second kappa shape index (κ2) is 3.55. The fourth-order valence-corrected chi connectivity index (χ4v) is 1.93. The van der Waals surface area contributed by atoms with E-state index in [0.717, 1.165) is 9.35 Å². The van der Waals surface area contributed by atoms with Crippen molar-refractivity contribution in [3.05, 3.63) is 26.9 Å². The molecule has 0 saturated heterocycles. The maximum Gasteiger partial charge on any atom is 0.0912 e. The van der Waals surface area contributed by atoms with Crippen LogP contribution in [0, 0.1) is 11.3 Å². The summed E-state index contributed by atoms with van der Waals surface area (Å²) < 4.78 is 1.05. The maximum absolute atomic E-state index is 8.21. The first kappa shape index (κ1) is 7.52. The van der Waals surface area contributed by atoms with Crippen molar-refractivity contribution in [3.8, 4) is 6.07 Å². The first-order valence-electron chi connectivity index (χ1n) is 2.64. The van der Waals surface area contributed by atoms with Crippen molar-refractivity contribution in [3.63, 3.8) is 0 Å². The number of rotatable bonds is 1. The first-order valence-corrected chi connectivity index (χ1v) is 4.31. The Labute approximate surface area is 71.7 Å². The van der Waals surface area contributed by atoms with Gasteiger partial charge in [-0.3, -0.25) is 0 Å². The highest BCUT2D eigenvalue weighted by Gasteiger charge is 1.93. The van der Waals surface area contributed by atoms with Crippen molar-refractivity contribution >= 4 is 33.3 Å². The summed E-state index contributed by atoms with van der Waals surface area (Å²) >= 11 is 4.95. The summed E-state index contributed by atoms with van der Waals surface area (Å²) in [5.41, 5.74) is 0. The van der Waals surface area contributed by atoms with Crippen molar-refractivity contribution in [2.45, 2.75) is 0 Å². The molecule has 0 radical (unpaired) electrons. The van der Waals surface area contributed by atoms with Gasteiger partial charge in [-0.15, -0.1) is 11.3 Å². The Morgan fingerprint density at radius 3 is 3.00 bits per heavy atom. The third-order valence-corrected chi connectivity index (χ3v) is 2.79. The maximum atomic E-state index is 8.21. The molecule has 0 aromatic carbocycles. The van der Waals surface area contributed by atoms with Gasteiger partial charge in [0.15, 0.2) is 0 Å². The minimum absolute atomic E-state index is 1.05. The number of thiophene rings is 1. The monoisotopic (exact) mass is 213 g/mol. The Balaban J connectivity index is 2.87. The highest BCUT2D eigenvalue weighted by atomic mass is 79.9. The third kappa shape index (κ3) is 1.69. The lowest BCUT2D eigenvalue weighted by molar-refractivity contribution is 1.54. The zero-order valence-electron chi connectivity index (χ0n) is 5.04. The summed E-state index contributed by atoms with van der Waals surface area (Å²) in [5, 5.41) is 10.2. The molecule has 1 nitrogen and oxygen atoms in total. The molecule has 10 heavy (non-hydrogen) atoms. The molecular weight excluding hydrogens is 210 g/mol. The predicted molar refractivity (Wildman–Crippen MR) is 46.7 cm³/mol. The van der Waals surface area contributed by atoms with Gasteiger partial charge in [0.1, 0.15) is 0 Å². The van der Waals surface area contributed by atoms with Gasteiger partial charge >= 0.3 is 0 Å². The quantitative estimate of drug-likeness (QED) is 0.659. The summed E-state index contributed by atoms with van der Waals surface area (Å²) in [4.78, 5) is 1.08. The summed E-state index contributed by atoms with van der Waals surface area (Å²) in [7, 11) is 0. The van der Waals surface area contributed by atoms with Gasteiger partial charge in [-0.25, -0.2) is 0 Å². The number of nitriles is 1. The number of hydrogen-bond donors (Lipinski definition) is 0. The van der Waals surface area contributed by atoms with Crippen LogP contribution >= 0.6 is 27.3 Å². The minimum atomic E-state index is 1.05. The van der Waals surface area contributed by atoms with Crippen LogP contribution in [0.25, 0.3) is 6.08 Å². The van der Waals surface area contributed by atoms with E-state index in [1.54, 1.807) is 17.4 Å². The standard InChI is InChI=1S/C7H4BrNS/c8-6-3-5-10-7(6)2-1-4-9/h1-3,5H. The Bertz CT molecular complexity index is 282. The molecule has 0 bridgehead atoms. The lowest BCUT2D eigenvalue weighted by Crippen LogP contribution is -1.58. The van der Waals surface area contributed by atoms with Crippen LogP contribution in [-0.4, -0.2) is 0 Å². The van der Waals surface area contributed by atoms with E-state index in [1.165, 1.54) is 6.08 Å². The summed E-state index contributed by atoms with van der Waals surface area (Å²) in [6.07, 6.45) is 3.26. The molecule has 50 valence electrons. The SMILES string of the molecule is N#CC=Cc1sccc1Br. The largest absolute Gasteiger partial charge is 0.193 e. The highest BCUT2D eigenvalue weighted by Crippen LogP contribution is 2.23. The zero-order chi connectivity index (χ0) is 7.40. The molecule has 3 heteroatoms. The van der Waals surface area contributed by atoms with Gasteiger partial charge < -0.3 is 0 Å². The van der Waals surface area contributed by atoms with E-state index in [2.05, 4.69) is 15.9 Å². The van der Waals surface area contributed by atoms with Gasteiger partial charge in [-0.1, -0.05) is 0 Å². The topological polar surface area (TPSA) is 23.8 Å². The number of halogens is 1. The molecule has 0 aliphatic heterocycles. The summed E-state index contributed by atoms with van der Waals surface area (Å²) in [5.74, 6) is 0. The molecule has 1 rings (SSSR count). The minimum Gasteiger partial charge on any atom is -0.193 e. The van der Waals surface area contributed by atoms with Crippen LogP contribution in [-0.2, 0) is 0 Å². The average Bonchev–Trinajstić information content (AvgIpc) is 2.31. The van der Waals surface area contributed by atoms with E-state index in [0.29, 0.717) is 0 Å². The Hall–Kier alpha value is -0.590. The third-order valence-electron chi connectivity index (χ3n) is 0.954. The second-order valence-electron chi connectivity index (χ2n) is 1.60. The van der Waals surface area contributed by atoms with Crippen molar-refractivity contribution in [1.82, 2.24) is 0 Å². The smallest absolute Gasteiger partial charge is 0.0912 e. The van der Waals surface area contributed by atoms with E-state index >= 15 is 0 Å². The lowest BCUT2D eigenvalue weighted by Gasteiger charge is -1.82. The van der Waals surface area contributed by atoms with E-state index < -0.39 is 0 Å². The van der Waals surface area contributed by atoms with Crippen molar-refractivity contribution in [2.75, 3.05) is 0 Å². The molecule has 0 unspecified atom stereocenters. The van der Waals surface area contributed by atoms with Crippen molar-refractivity contribution < 1.29 is 0 Å². The molecule has 0 N–H and O–H groups in total. The molecule has 1 aromatic heterocycles. The fourth-order valence-electron chi connectivity index (χ4n) is 0.537. The van der Waals surface area contributed by atoms with E-state index in [4.69, 9.17) is 5.26 Å². The molecule has 0 aliphatic rings. The van der Waals surface area contributed by atoms with Crippen molar-refractivity contribution in [2.24, 2.45) is 0 Å². The molecule has 1 heterocycles. The van der Waals surface area contributed by atoms with Gasteiger partial charge in [0, 0.05) is 15.4 Å². The van der Waals surface area contributed by atoms with Crippen molar-refractivity contribution in [1.29, 1.82) is 5.26 Å². The number of hydrogen-bond acceptors (Lipinski definition) is 2. The second-order valence-corrected chi connectivity index (χ2v) is 3.40. The van der Waals surface area contributed by atoms with Crippen LogP contribution in [0.4, 0.5) is 0 Å². The zero-order valence-corrected chi connectivity index (χ0v) is 7.45. The molecule has 0 spiro atoms. The Kier molecular flexibility index (Phi) is 2.67. The first-order chi connectivity index (χ1) is 4.84. The fraction of sp³-hybridized carbons (Fsp3) is 0. The van der Waals surface area contributed by atoms with E-state index in [-0.39, 0.29) is 0 Å². The van der Waals surface area contributed by atoms with Crippen LogP contribution in [0.1, 0.15) is 4.88 Å². The van der Waals surface area contributed by atoms with Gasteiger partial charge in [0.2, 0.25) is 0 Å². The van der Waals surface area contributed by atoms with Crippen LogP contribution in [0.2, 0.25) is 0 Å².